The van der Waals surface area contributed by atoms with Crippen LogP contribution in [-0.2, 0) is 6.42 Å². The van der Waals surface area contributed by atoms with Gasteiger partial charge >= 0.3 is 12.4 Å². The van der Waals surface area contributed by atoms with Gasteiger partial charge in [-0.25, -0.2) is 4.79 Å². The van der Waals surface area contributed by atoms with Crippen molar-refractivity contribution in [1.82, 2.24) is 4.90 Å². The van der Waals surface area contributed by atoms with Crippen LogP contribution in [0.4, 0.5) is 23.7 Å². The summed E-state index contributed by atoms with van der Waals surface area (Å²) in [5.74, 6) is -0.317. The first-order valence-corrected chi connectivity index (χ1v) is 9.68. The number of urea groups is 1. The SMILES string of the molecule is O=C(Nc1ccc(OC(F)(F)F)cc1)N1CCC[NH+](CCc2ccccc2)CC1. The summed E-state index contributed by atoms with van der Waals surface area (Å²) >= 11 is 0. The zero-order chi connectivity index (χ0) is 20.7. The Morgan fingerprint density at radius 3 is 2.45 bits per heavy atom. The second-order valence-corrected chi connectivity index (χ2v) is 7.08. The largest absolute Gasteiger partial charge is 0.573 e. The zero-order valence-electron chi connectivity index (χ0n) is 16.0. The molecule has 1 saturated heterocycles. The number of quaternary nitrogens is 1. The lowest BCUT2D eigenvalue weighted by Gasteiger charge is -2.21. The van der Waals surface area contributed by atoms with Crippen LogP contribution in [-0.4, -0.2) is 50.0 Å². The quantitative estimate of drug-likeness (QED) is 0.799. The Labute approximate surface area is 168 Å². The highest BCUT2D eigenvalue weighted by atomic mass is 19.4. The first-order chi connectivity index (χ1) is 13.9. The molecule has 1 fully saturated rings. The summed E-state index contributed by atoms with van der Waals surface area (Å²) in [6, 6.07) is 15.3. The second kappa shape index (κ2) is 9.65. The number of amides is 2. The summed E-state index contributed by atoms with van der Waals surface area (Å²) in [7, 11) is 0. The number of nitrogens with zero attached hydrogens (tertiary/aromatic N) is 1. The molecular formula is C21H25F3N3O2+. The molecule has 0 bridgehead atoms. The normalized spacial score (nSPS) is 17.5. The van der Waals surface area contributed by atoms with Crippen molar-refractivity contribution >= 4 is 11.7 Å². The summed E-state index contributed by atoms with van der Waals surface area (Å²) in [6.07, 6.45) is -2.81. The van der Waals surface area contributed by atoms with E-state index in [1.165, 1.54) is 34.7 Å². The molecule has 1 aliphatic heterocycles. The molecule has 156 valence electrons. The van der Waals surface area contributed by atoms with E-state index in [4.69, 9.17) is 0 Å². The lowest BCUT2D eigenvalue weighted by atomic mass is 10.1. The average Bonchev–Trinajstić information content (AvgIpc) is 2.93. The fourth-order valence-corrected chi connectivity index (χ4v) is 3.41. The summed E-state index contributed by atoms with van der Waals surface area (Å²) in [4.78, 5) is 15.7. The van der Waals surface area contributed by atoms with Crippen LogP contribution in [0, 0.1) is 0 Å². The first-order valence-electron chi connectivity index (χ1n) is 9.68. The van der Waals surface area contributed by atoms with E-state index in [0.29, 0.717) is 18.8 Å². The fraction of sp³-hybridized carbons (Fsp3) is 0.381. The van der Waals surface area contributed by atoms with Crippen LogP contribution in [0.15, 0.2) is 54.6 Å². The third-order valence-corrected chi connectivity index (χ3v) is 4.93. The van der Waals surface area contributed by atoms with Gasteiger partial charge in [0.1, 0.15) is 5.75 Å². The van der Waals surface area contributed by atoms with Gasteiger partial charge in [0.05, 0.1) is 26.2 Å². The van der Waals surface area contributed by atoms with Crippen molar-refractivity contribution in [3.63, 3.8) is 0 Å². The van der Waals surface area contributed by atoms with E-state index in [-0.39, 0.29) is 11.8 Å². The summed E-state index contributed by atoms with van der Waals surface area (Å²) in [5.41, 5.74) is 1.75. The molecule has 5 nitrogen and oxygen atoms in total. The molecule has 2 aromatic carbocycles. The summed E-state index contributed by atoms with van der Waals surface area (Å²) < 4.78 is 40.5. The smallest absolute Gasteiger partial charge is 0.406 e. The van der Waals surface area contributed by atoms with Gasteiger partial charge < -0.3 is 19.9 Å². The highest BCUT2D eigenvalue weighted by molar-refractivity contribution is 5.89. The zero-order valence-corrected chi connectivity index (χ0v) is 16.0. The van der Waals surface area contributed by atoms with E-state index in [0.717, 1.165) is 32.5 Å². The Bertz CT molecular complexity index is 782. The third-order valence-electron chi connectivity index (χ3n) is 4.93. The molecule has 1 unspecified atom stereocenters. The van der Waals surface area contributed by atoms with E-state index in [1.54, 1.807) is 4.90 Å². The van der Waals surface area contributed by atoms with Crippen LogP contribution in [0.1, 0.15) is 12.0 Å². The number of anilines is 1. The Balaban J connectivity index is 1.46. The molecule has 1 heterocycles. The highest BCUT2D eigenvalue weighted by Gasteiger charge is 2.31. The van der Waals surface area contributed by atoms with Crippen molar-refractivity contribution in [1.29, 1.82) is 0 Å². The molecule has 0 radical (unpaired) electrons. The Hall–Kier alpha value is -2.74. The molecule has 2 aromatic rings. The molecule has 0 aliphatic carbocycles. The highest BCUT2D eigenvalue weighted by Crippen LogP contribution is 2.24. The minimum absolute atomic E-state index is 0.237. The van der Waals surface area contributed by atoms with Gasteiger partial charge in [-0.05, 0) is 29.8 Å². The predicted octanol–water partition coefficient (Wildman–Crippen LogP) is 2.95. The fourth-order valence-electron chi connectivity index (χ4n) is 3.41. The lowest BCUT2D eigenvalue weighted by Crippen LogP contribution is -3.12. The molecular weight excluding hydrogens is 383 g/mol. The van der Waals surface area contributed by atoms with Crippen molar-refractivity contribution in [2.24, 2.45) is 0 Å². The molecule has 2 amide bonds. The van der Waals surface area contributed by atoms with E-state index in [2.05, 4.69) is 22.2 Å². The van der Waals surface area contributed by atoms with E-state index in [1.807, 2.05) is 18.2 Å². The standard InChI is InChI=1S/C21H24F3N3O2/c22-21(23,24)29-19-9-7-18(8-10-19)25-20(28)27-13-4-12-26(15-16-27)14-11-17-5-2-1-3-6-17/h1-3,5-10H,4,11-16H2,(H,25,28)/p+1. The second-order valence-electron chi connectivity index (χ2n) is 7.08. The number of hydrogen-bond acceptors (Lipinski definition) is 2. The number of ether oxygens (including phenoxy) is 1. The van der Waals surface area contributed by atoms with Crippen LogP contribution >= 0.6 is 0 Å². The van der Waals surface area contributed by atoms with Crippen molar-refractivity contribution in [3.8, 4) is 5.75 Å². The minimum Gasteiger partial charge on any atom is -0.406 e. The monoisotopic (exact) mass is 408 g/mol. The minimum atomic E-state index is -4.73. The van der Waals surface area contributed by atoms with Crippen LogP contribution < -0.4 is 15.0 Å². The Morgan fingerprint density at radius 1 is 1.03 bits per heavy atom. The number of rotatable bonds is 5. The van der Waals surface area contributed by atoms with E-state index < -0.39 is 6.36 Å². The van der Waals surface area contributed by atoms with Crippen molar-refractivity contribution < 1.29 is 27.6 Å². The predicted molar refractivity (Wildman–Crippen MR) is 104 cm³/mol. The number of alkyl halides is 3. The van der Waals surface area contributed by atoms with Gasteiger partial charge in [0.15, 0.2) is 0 Å². The van der Waals surface area contributed by atoms with Gasteiger partial charge in [-0.1, -0.05) is 30.3 Å². The van der Waals surface area contributed by atoms with E-state index in [9.17, 15) is 18.0 Å². The Kier molecular flexibility index (Phi) is 6.98. The number of carbonyl (C=O) groups is 1. The van der Waals surface area contributed by atoms with Gasteiger partial charge in [0.2, 0.25) is 0 Å². The maximum atomic E-state index is 12.5. The topological polar surface area (TPSA) is 46.0 Å². The van der Waals surface area contributed by atoms with Crippen LogP contribution in [0.3, 0.4) is 0 Å². The lowest BCUT2D eigenvalue weighted by molar-refractivity contribution is -0.897. The van der Waals surface area contributed by atoms with Crippen molar-refractivity contribution in [2.75, 3.05) is 38.0 Å². The third kappa shape index (κ3) is 6.98. The number of halogens is 3. The molecule has 3 rings (SSSR count). The maximum absolute atomic E-state index is 12.5. The maximum Gasteiger partial charge on any atom is 0.573 e. The molecule has 1 atom stereocenters. The molecule has 2 N–H and O–H groups in total. The number of nitrogens with one attached hydrogen (secondary N) is 2. The molecule has 8 heteroatoms. The Morgan fingerprint density at radius 2 is 1.76 bits per heavy atom. The molecule has 0 saturated carbocycles. The van der Waals surface area contributed by atoms with Gasteiger partial charge in [0.25, 0.3) is 0 Å². The number of hydrogen-bond donors (Lipinski definition) is 2. The van der Waals surface area contributed by atoms with Gasteiger partial charge in [-0.15, -0.1) is 13.2 Å². The van der Waals surface area contributed by atoms with Crippen LogP contribution in [0.2, 0.25) is 0 Å². The van der Waals surface area contributed by atoms with Gasteiger partial charge in [0, 0.05) is 25.1 Å². The molecule has 0 aromatic heterocycles. The van der Waals surface area contributed by atoms with Crippen molar-refractivity contribution in [3.05, 3.63) is 60.2 Å². The molecule has 1 aliphatic rings. The molecule has 29 heavy (non-hydrogen) atoms. The van der Waals surface area contributed by atoms with Crippen LogP contribution in [0.25, 0.3) is 0 Å². The number of carbonyl (C=O) groups excluding carboxylic acids is 1. The first kappa shape index (κ1) is 21.0. The van der Waals surface area contributed by atoms with Gasteiger partial charge in [-0.2, -0.15) is 0 Å². The molecule has 0 spiro atoms. The van der Waals surface area contributed by atoms with E-state index >= 15 is 0 Å². The number of benzene rings is 2. The summed E-state index contributed by atoms with van der Waals surface area (Å²) in [5, 5.41) is 2.74. The average molecular weight is 408 g/mol. The summed E-state index contributed by atoms with van der Waals surface area (Å²) in [6.45, 7) is 4.22. The van der Waals surface area contributed by atoms with Crippen LogP contribution in [0.5, 0.6) is 5.75 Å². The van der Waals surface area contributed by atoms with Gasteiger partial charge in [-0.3, -0.25) is 0 Å². The van der Waals surface area contributed by atoms with Crippen molar-refractivity contribution in [2.45, 2.75) is 19.2 Å².